The highest BCUT2D eigenvalue weighted by Crippen LogP contribution is 2.15. The molecule has 0 spiro atoms. The van der Waals surface area contributed by atoms with E-state index in [-0.39, 0.29) is 5.91 Å². The monoisotopic (exact) mass is 313 g/mol. The predicted octanol–water partition coefficient (Wildman–Crippen LogP) is 2.00. The Morgan fingerprint density at radius 1 is 1.17 bits per heavy atom. The van der Waals surface area contributed by atoms with E-state index < -0.39 is 0 Å². The molecule has 0 fully saturated rings. The number of aryl methyl sites for hydroxylation is 1. The lowest BCUT2D eigenvalue weighted by atomic mass is 10.2. The molecular weight excluding hydrogens is 290 g/mol. The molecule has 1 aliphatic rings. The number of amides is 1. The molecule has 0 saturated carbocycles. The summed E-state index contributed by atoms with van der Waals surface area (Å²) < 4.78 is 2.16. The fourth-order valence-electron chi connectivity index (χ4n) is 2.85. The van der Waals surface area contributed by atoms with Crippen LogP contribution in [0.5, 0.6) is 0 Å². The summed E-state index contributed by atoms with van der Waals surface area (Å²) in [6.45, 7) is 1.37. The average Bonchev–Trinajstić information content (AvgIpc) is 2.79. The maximum Gasteiger partial charge on any atom is 0.251 e. The molecule has 2 aromatic rings. The SMILES string of the molecule is CN(C)c1ccc(C(=O)NCc2nnc3n2CCCCC3)cc1. The van der Waals surface area contributed by atoms with E-state index >= 15 is 0 Å². The molecule has 0 unspecified atom stereocenters. The Labute approximate surface area is 136 Å². The van der Waals surface area contributed by atoms with E-state index in [2.05, 4.69) is 20.1 Å². The number of rotatable bonds is 4. The third-order valence-electron chi connectivity index (χ3n) is 4.24. The zero-order valence-corrected chi connectivity index (χ0v) is 13.7. The second kappa shape index (κ2) is 6.81. The smallest absolute Gasteiger partial charge is 0.251 e. The molecule has 1 amide bonds. The van der Waals surface area contributed by atoms with Gasteiger partial charge in [-0.1, -0.05) is 6.42 Å². The van der Waals surface area contributed by atoms with E-state index in [9.17, 15) is 4.79 Å². The number of nitrogens with one attached hydrogen (secondary N) is 1. The van der Waals surface area contributed by atoms with Crippen LogP contribution >= 0.6 is 0 Å². The van der Waals surface area contributed by atoms with Crippen molar-refractivity contribution in [3.05, 3.63) is 41.5 Å². The summed E-state index contributed by atoms with van der Waals surface area (Å²) in [5, 5.41) is 11.4. The van der Waals surface area contributed by atoms with Gasteiger partial charge in [0.05, 0.1) is 6.54 Å². The predicted molar refractivity (Wildman–Crippen MR) is 89.5 cm³/mol. The first-order chi connectivity index (χ1) is 11.1. The van der Waals surface area contributed by atoms with Gasteiger partial charge in [-0.25, -0.2) is 0 Å². The number of carbonyl (C=O) groups excluding carboxylic acids is 1. The lowest BCUT2D eigenvalue weighted by molar-refractivity contribution is 0.0949. The molecule has 1 aliphatic heterocycles. The molecule has 1 N–H and O–H groups in total. The van der Waals surface area contributed by atoms with Crippen molar-refractivity contribution >= 4 is 11.6 Å². The van der Waals surface area contributed by atoms with Crippen molar-refractivity contribution in [3.8, 4) is 0 Å². The summed E-state index contributed by atoms with van der Waals surface area (Å²) in [5.41, 5.74) is 1.73. The van der Waals surface area contributed by atoms with Crippen LogP contribution in [0.2, 0.25) is 0 Å². The van der Waals surface area contributed by atoms with Gasteiger partial charge >= 0.3 is 0 Å². The first-order valence-corrected chi connectivity index (χ1v) is 8.11. The fraction of sp³-hybridized carbons (Fsp3) is 0.471. The number of fused-ring (bicyclic) bond motifs is 1. The molecule has 2 heterocycles. The number of carbonyl (C=O) groups is 1. The first kappa shape index (κ1) is 15.5. The summed E-state index contributed by atoms with van der Waals surface area (Å²) in [7, 11) is 3.96. The molecule has 0 aliphatic carbocycles. The van der Waals surface area contributed by atoms with Gasteiger partial charge in [0.1, 0.15) is 5.82 Å². The van der Waals surface area contributed by atoms with Gasteiger partial charge in [0.2, 0.25) is 0 Å². The van der Waals surface area contributed by atoms with Gasteiger partial charge in [0, 0.05) is 38.3 Å². The van der Waals surface area contributed by atoms with Crippen LogP contribution in [0.1, 0.15) is 41.3 Å². The minimum Gasteiger partial charge on any atom is -0.378 e. The minimum absolute atomic E-state index is 0.0821. The maximum absolute atomic E-state index is 12.3. The van der Waals surface area contributed by atoms with Gasteiger partial charge in [-0.15, -0.1) is 10.2 Å². The van der Waals surface area contributed by atoms with E-state index in [0.717, 1.165) is 36.7 Å². The van der Waals surface area contributed by atoms with Crippen LogP contribution in [-0.4, -0.2) is 34.8 Å². The van der Waals surface area contributed by atoms with Crippen molar-refractivity contribution in [2.45, 2.75) is 38.8 Å². The highest BCUT2D eigenvalue weighted by molar-refractivity contribution is 5.94. The Morgan fingerprint density at radius 2 is 1.96 bits per heavy atom. The van der Waals surface area contributed by atoms with Gasteiger partial charge < -0.3 is 14.8 Å². The average molecular weight is 313 g/mol. The molecule has 0 bridgehead atoms. The number of anilines is 1. The van der Waals surface area contributed by atoms with Crippen molar-refractivity contribution in [1.82, 2.24) is 20.1 Å². The lowest BCUT2D eigenvalue weighted by Gasteiger charge is -2.12. The fourth-order valence-corrected chi connectivity index (χ4v) is 2.85. The van der Waals surface area contributed by atoms with Gasteiger partial charge in [0.25, 0.3) is 5.91 Å². The molecule has 23 heavy (non-hydrogen) atoms. The van der Waals surface area contributed by atoms with E-state index in [1.807, 2.05) is 43.3 Å². The Morgan fingerprint density at radius 3 is 2.70 bits per heavy atom. The molecule has 6 nitrogen and oxygen atoms in total. The van der Waals surface area contributed by atoms with Crippen LogP contribution < -0.4 is 10.2 Å². The molecule has 122 valence electrons. The van der Waals surface area contributed by atoms with Gasteiger partial charge in [-0.2, -0.15) is 0 Å². The molecule has 1 aromatic heterocycles. The summed E-state index contributed by atoms with van der Waals surface area (Å²) in [6, 6.07) is 7.57. The Hall–Kier alpha value is -2.37. The van der Waals surface area contributed by atoms with Crippen LogP contribution in [0.15, 0.2) is 24.3 Å². The molecule has 3 rings (SSSR count). The Balaban J connectivity index is 1.64. The van der Waals surface area contributed by atoms with Crippen LogP contribution in [0.3, 0.4) is 0 Å². The standard InChI is InChI=1S/C17H23N5O/c1-21(2)14-9-7-13(8-10-14)17(23)18-12-16-20-19-15-6-4-3-5-11-22(15)16/h7-10H,3-6,11-12H2,1-2H3,(H,18,23). The zero-order chi connectivity index (χ0) is 16.2. The third kappa shape index (κ3) is 3.52. The van der Waals surface area contributed by atoms with Crippen molar-refractivity contribution in [3.63, 3.8) is 0 Å². The van der Waals surface area contributed by atoms with Gasteiger partial charge in [-0.05, 0) is 37.1 Å². The lowest BCUT2D eigenvalue weighted by Crippen LogP contribution is -2.25. The van der Waals surface area contributed by atoms with E-state index in [1.165, 1.54) is 12.8 Å². The highest BCUT2D eigenvalue weighted by Gasteiger charge is 2.15. The minimum atomic E-state index is -0.0821. The number of benzene rings is 1. The van der Waals surface area contributed by atoms with Crippen LogP contribution in [0.4, 0.5) is 5.69 Å². The molecule has 0 saturated heterocycles. The molecule has 0 atom stereocenters. The quantitative estimate of drug-likeness (QED) is 0.938. The number of hydrogen-bond donors (Lipinski definition) is 1. The highest BCUT2D eigenvalue weighted by atomic mass is 16.1. The van der Waals surface area contributed by atoms with Gasteiger partial charge in [-0.3, -0.25) is 4.79 Å². The normalized spacial score (nSPS) is 14.0. The van der Waals surface area contributed by atoms with Crippen molar-refractivity contribution in [2.24, 2.45) is 0 Å². The second-order valence-corrected chi connectivity index (χ2v) is 6.12. The Kier molecular flexibility index (Phi) is 4.60. The second-order valence-electron chi connectivity index (χ2n) is 6.12. The van der Waals surface area contributed by atoms with Crippen molar-refractivity contribution in [2.75, 3.05) is 19.0 Å². The Bertz CT molecular complexity index is 675. The summed E-state index contributed by atoms with van der Waals surface area (Å²) in [6.07, 6.45) is 4.53. The van der Waals surface area contributed by atoms with E-state index in [4.69, 9.17) is 0 Å². The van der Waals surface area contributed by atoms with Crippen LogP contribution in [0, 0.1) is 0 Å². The van der Waals surface area contributed by atoms with Crippen molar-refractivity contribution in [1.29, 1.82) is 0 Å². The van der Waals surface area contributed by atoms with Crippen LogP contribution in [-0.2, 0) is 19.5 Å². The molecular formula is C17H23N5O. The summed E-state index contributed by atoms with van der Waals surface area (Å²) >= 11 is 0. The molecule has 0 radical (unpaired) electrons. The molecule has 1 aromatic carbocycles. The van der Waals surface area contributed by atoms with E-state index in [0.29, 0.717) is 12.1 Å². The molecule has 6 heteroatoms. The zero-order valence-electron chi connectivity index (χ0n) is 13.7. The topological polar surface area (TPSA) is 63.1 Å². The number of nitrogens with zero attached hydrogens (tertiary/aromatic N) is 4. The summed E-state index contributed by atoms with van der Waals surface area (Å²) in [4.78, 5) is 14.3. The maximum atomic E-state index is 12.3. The first-order valence-electron chi connectivity index (χ1n) is 8.11. The van der Waals surface area contributed by atoms with Crippen LogP contribution in [0.25, 0.3) is 0 Å². The summed E-state index contributed by atoms with van der Waals surface area (Å²) in [5.74, 6) is 1.81. The van der Waals surface area contributed by atoms with E-state index in [1.54, 1.807) is 0 Å². The number of hydrogen-bond acceptors (Lipinski definition) is 4. The third-order valence-corrected chi connectivity index (χ3v) is 4.24. The number of aromatic nitrogens is 3. The van der Waals surface area contributed by atoms with Crippen molar-refractivity contribution < 1.29 is 4.79 Å². The largest absolute Gasteiger partial charge is 0.378 e. The van der Waals surface area contributed by atoms with Gasteiger partial charge in [0.15, 0.2) is 5.82 Å².